The molecule has 0 amide bonds. The van der Waals surface area contributed by atoms with Crippen molar-refractivity contribution in [2.45, 2.75) is 6.92 Å². The van der Waals surface area contributed by atoms with Crippen molar-refractivity contribution in [1.82, 2.24) is 15.0 Å². The molecule has 0 spiro atoms. The molecule has 0 aliphatic rings. The zero-order chi connectivity index (χ0) is 11.5. The van der Waals surface area contributed by atoms with E-state index in [4.69, 9.17) is 4.74 Å². The van der Waals surface area contributed by atoms with Crippen LogP contribution in [0, 0.1) is 12.9 Å². The Morgan fingerprint density at radius 1 is 1.25 bits per heavy atom. The smallest absolute Gasteiger partial charge is 0.322 e. The summed E-state index contributed by atoms with van der Waals surface area (Å²) in [7, 11) is 0. The zero-order valence-electron chi connectivity index (χ0n) is 8.32. The lowest BCUT2D eigenvalue weighted by Gasteiger charge is -2.04. The van der Waals surface area contributed by atoms with Crippen LogP contribution < -0.4 is 4.74 Å². The third-order valence-electron chi connectivity index (χ3n) is 1.75. The molecule has 82 valence electrons. The van der Waals surface area contributed by atoms with Gasteiger partial charge in [-0.05, 0) is 41.1 Å². The molecule has 0 saturated heterocycles. The maximum Gasteiger partial charge on any atom is 0.322 e. The van der Waals surface area contributed by atoms with Crippen molar-refractivity contribution >= 4 is 15.9 Å². The normalized spacial score (nSPS) is 10.2. The average Bonchev–Trinajstić information content (AvgIpc) is 2.22. The molecule has 6 heteroatoms. The van der Waals surface area contributed by atoms with Crippen molar-refractivity contribution in [3.63, 3.8) is 0 Å². The quantitative estimate of drug-likeness (QED) is 0.795. The van der Waals surface area contributed by atoms with E-state index in [1.54, 1.807) is 25.3 Å². The van der Waals surface area contributed by atoms with Crippen molar-refractivity contribution in [2.75, 3.05) is 0 Å². The molecular weight excluding hydrogens is 277 g/mol. The predicted octanol–water partition coefficient (Wildman–Crippen LogP) is 2.87. The molecule has 16 heavy (non-hydrogen) atoms. The van der Waals surface area contributed by atoms with Crippen LogP contribution in [-0.2, 0) is 0 Å². The lowest BCUT2D eigenvalue weighted by molar-refractivity contribution is 0.399. The number of ether oxygens (including phenoxy) is 1. The molecule has 4 nitrogen and oxygen atoms in total. The number of pyridine rings is 1. The number of hydrogen-bond donors (Lipinski definition) is 0. The predicted molar refractivity (Wildman–Crippen MR) is 58.7 cm³/mol. The van der Waals surface area contributed by atoms with Crippen LogP contribution in [0.2, 0.25) is 0 Å². The van der Waals surface area contributed by atoms with Gasteiger partial charge in [-0.15, -0.1) is 0 Å². The zero-order valence-corrected chi connectivity index (χ0v) is 9.90. The molecule has 0 unspecified atom stereocenters. The summed E-state index contributed by atoms with van der Waals surface area (Å²) in [6.45, 7) is 1.80. The molecule has 0 aromatic carbocycles. The van der Waals surface area contributed by atoms with Crippen molar-refractivity contribution in [2.24, 2.45) is 0 Å². The van der Waals surface area contributed by atoms with E-state index in [9.17, 15) is 4.39 Å². The van der Waals surface area contributed by atoms with E-state index in [0.717, 1.165) is 5.69 Å². The Labute approximate surface area is 99.7 Å². The van der Waals surface area contributed by atoms with Gasteiger partial charge in [0, 0.05) is 11.9 Å². The van der Waals surface area contributed by atoms with Gasteiger partial charge >= 0.3 is 6.01 Å². The Hall–Kier alpha value is -1.56. The highest BCUT2D eigenvalue weighted by Crippen LogP contribution is 2.22. The Bertz CT molecular complexity index is 521. The SMILES string of the molecule is Cc1ccnc(Oc2ccc(Br)nc2F)n1. The molecule has 0 radical (unpaired) electrons. The largest absolute Gasteiger partial charge is 0.419 e. The van der Waals surface area contributed by atoms with Crippen LogP contribution in [0.25, 0.3) is 0 Å². The second-order valence-corrected chi connectivity index (χ2v) is 3.82. The summed E-state index contributed by atoms with van der Waals surface area (Å²) in [4.78, 5) is 11.4. The summed E-state index contributed by atoms with van der Waals surface area (Å²) < 4.78 is 18.9. The van der Waals surface area contributed by atoms with Crippen molar-refractivity contribution < 1.29 is 9.13 Å². The van der Waals surface area contributed by atoms with E-state index in [0.29, 0.717) is 4.60 Å². The average molecular weight is 284 g/mol. The first-order valence-electron chi connectivity index (χ1n) is 4.45. The molecule has 0 aliphatic heterocycles. The first kappa shape index (κ1) is 10.9. The van der Waals surface area contributed by atoms with Gasteiger partial charge in [0.15, 0.2) is 5.75 Å². The Kier molecular flexibility index (Phi) is 3.09. The van der Waals surface area contributed by atoms with E-state index in [1.165, 1.54) is 6.07 Å². The highest BCUT2D eigenvalue weighted by molar-refractivity contribution is 9.10. The van der Waals surface area contributed by atoms with Gasteiger partial charge in [0.25, 0.3) is 5.95 Å². The van der Waals surface area contributed by atoms with Crippen LogP contribution in [0.5, 0.6) is 11.8 Å². The fourth-order valence-corrected chi connectivity index (χ4v) is 1.34. The standard InChI is InChI=1S/C10H7BrFN3O/c1-6-4-5-13-10(14-6)16-7-2-3-8(11)15-9(7)12/h2-5H,1H3. The first-order valence-corrected chi connectivity index (χ1v) is 5.24. The van der Waals surface area contributed by atoms with Gasteiger partial charge in [0.05, 0.1) is 0 Å². The fraction of sp³-hybridized carbons (Fsp3) is 0.100. The third-order valence-corrected chi connectivity index (χ3v) is 2.20. The molecule has 2 aromatic rings. The van der Waals surface area contributed by atoms with Crippen LogP contribution >= 0.6 is 15.9 Å². The van der Waals surface area contributed by atoms with Gasteiger partial charge in [-0.1, -0.05) is 0 Å². The van der Waals surface area contributed by atoms with Gasteiger partial charge < -0.3 is 4.74 Å². The summed E-state index contributed by atoms with van der Waals surface area (Å²) in [5, 5.41) is 0. The maximum absolute atomic E-state index is 13.3. The van der Waals surface area contributed by atoms with Crippen molar-refractivity contribution in [3.8, 4) is 11.8 Å². The molecule has 0 aliphatic carbocycles. The minimum absolute atomic E-state index is 0.00574. The first-order chi connectivity index (χ1) is 7.65. The Morgan fingerprint density at radius 2 is 2.06 bits per heavy atom. The summed E-state index contributed by atoms with van der Waals surface area (Å²) in [6.07, 6.45) is 1.54. The van der Waals surface area contributed by atoms with E-state index in [1.807, 2.05) is 0 Å². The van der Waals surface area contributed by atoms with Gasteiger partial charge in [-0.25, -0.2) is 15.0 Å². The van der Waals surface area contributed by atoms with Gasteiger partial charge in [-0.3, -0.25) is 0 Å². The van der Waals surface area contributed by atoms with E-state index in [-0.39, 0.29) is 11.8 Å². The highest BCUT2D eigenvalue weighted by Gasteiger charge is 2.08. The summed E-state index contributed by atoms with van der Waals surface area (Å²) in [5.74, 6) is -0.715. The summed E-state index contributed by atoms with van der Waals surface area (Å²) in [5.41, 5.74) is 0.746. The van der Waals surface area contributed by atoms with E-state index in [2.05, 4.69) is 30.9 Å². The summed E-state index contributed by atoms with van der Waals surface area (Å²) in [6, 6.07) is 4.86. The molecule has 0 N–H and O–H groups in total. The maximum atomic E-state index is 13.3. The van der Waals surface area contributed by atoms with E-state index < -0.39 is 5.95 Å². The third kappa shape index (κ3) is 2.52. The molecule has 0 fully saturated rings. The topological polar surface area (TPSA) is 47.9 Å². The van der Waals surface area contributed by atoms with Gasteiger partial charge in [-0.2, -0.15) is 4.39 Å². The number of rotatable bonds is 2. The molecule has 0 atom stereocenters. The Balaban J connectivity index is 2.27. The van der Waals surface area contributed by atoms with Crippen molar-refractivity contribution in [3.05, 3.63) is 40.6 Å². The second-order valence-electron chi connectivity index (χ2n) is 3.01. The van der Waals surface area contributed by atoms with Crippen LogP contribution in [0.3, 0.4) is 0 Å². The lowest BCUT2D eigenvalue weighted by atomic mass is 10.4. The molecule has 0 bridgehead atoms. The van der Waals surface area contributed by atoms with Gasteiger partial charge in [0.2, 0.25) is 0 Å². The highest BCUT2D eigenvalue weighted by atomic mass is 79.9. The molecular formula is C10H7BrFN3O. The van der Waals surface area contributed by atoms with Crippen LogP contribution in [-0.4, -0.2) is 15.0 Å². The minimum atomic E-state index is -0.709. The lowest BCUT2D eigenvalue weighted by Crippen LogP contribution is -1.96. The number of halogens is 2. The molecule has 0 saturated carbocycles. The summed E-state index contributed by atoms with van der Waals surface area (Å²) >= 11 is 3.06. The molecule has 2 aromatic heterocycles. The van der Waals surface area contributed by atoms with Crippen molar-refractivity contribution in [1.29, 1.82) is 0 Å². The fourth-order valence-electron chi connectivity index (χ4n) is 1.05. The molecule has 2 rings (SSSR count). The molecule has 2 heterocycles. The number of nitrogens with zero attached hydrogens (tertiary/aromatic N) is 3. The Morgan fingerprint density at radius 3 is 2.75 bits per heavy atom. The minimum Gasteiger partial charge on any atom is -0.419 e. The van der Waals surface area contributed by atoms with Gasteiger partial charge in [0.1, 0.15) is 4.60 Å². The van der Waals surface area contributed by atoms with Crippen LogP contribution in [0.1, 0.15) is 5.69 Å². The number of aromatic nitrogens is 3. The van der Waals surface area contributed by atoms with Crippen LogP contribution in [0.15, 0.2) is 29.0 Å². The second kappa shape index (κ2) is 4.52. The number of hydrogen-bond acceptors (Lipinski definition) is 4. The van der Waals surface area contributed by atoms with E-state index >= 15 is 0 Å². The monoisotopic (exact) mass is 283 g/mol. The number of aryl methyl sites for hydroxylation is 1. The van der Waals surface area contributed by atoms with Crippen LogP contribution in [0.4, 0.5) is 4.39 Å².